The Kier molecular flexibility index (Phi) is 5.18. The molecule has 0 saturated heterocycles. The highest BCUT2D eigenvalue weighted by molar-refractivity contribution is 5.76. The molecule has 1 aromatic rings. The Bertz CT molecular complexity index is 428. The molecule has 0 heterocycles. The van der Waals surface area contributed by atoms with Crippen molar-refractivity contribution in [2.75, 3.05) is 13.2 Å². The van der Waals surface area contributed by atoms with E-state index in [2.05, 4.69) is 17.4 Å². The van der Waals surface area contributed by atoms with E-state index in [0.717, 1.165) is 6.42 Å². The van der Waals surface area contributed by atoms with Crippen molar-refractivity contribution in [2.45, 2.75) is 39.0 Å². The normalized spacial score (nSPS) is 18.1. The minimum atomic E-state index is -0.295. The van der Waals surface area contributed by atoms with Gasteiger partial charge in [0.1, 0.15) is 0 Å². The number of aliphatic hydroxyl groups is 1. The average molecular weight is 275 g/mol. The van der Waals surface area contributed by atoms with E-state index in [9.17, 15) is 9.90 Å². The van der Waals surface area contributed by atoms with Crippen LogP contribution in [0.1, 0.15) is 38.2 Å². The number of hydrogen-bond donors (Lipinski definition) is 2. The number of carbonyl (C=O) groups is 1. The van der Waals surface area contributed by atoms with Crippen molar-refractivity contribution in [3.8, 4) is 0 Å². The molecule has 0 aliphatic heterocycles. The zero-order chi connectivity index (χ0) is 14.4. The van der Waals surface area contributed by atoms with E-state index in [4.69, 9.17) is 0 Å². The van der Waals surface area contributed by atoms with E-state index in [1.165, 1.54) is 24.8 Å². The second-order valence-corrected chi connectivity index (χ2v) is 6.41. The number of nitrogens with one attached hydrogen (secondary N) is 1. The minimum Gasteiger partial charge on any atom is -0.396 e. The Morgan fingerprint density at radius 3 is 2.60 bits per heavy atom. The number of hydrogen-bond acceptors (Lipinski definition) is 2. The summed E-state index contributed by atoms with van der Waals surface area (Å²) in [6.45, 7) is 2.62. The molecule has 1 fully saturated rings. The number of rotatable bonds is 7. The summed E-state index contributed by atoms with van der Waals surface area (Å²) >= 11 is 0. The van der Waals surface area contributed by atoms with Crippen LogP contribution in [0.5, 0.6) is 0 Å². The Balaban J connectivity index is 1.81. The fourth-order valence-corrected chi connectivity index (χ4v) is 2.61. The molecule has 2 rings (SSSR count). The summed E-state index contributed by atoms with van der Waals surface area (Å²) in [5.74, 6) is 0.715. The van der Waals surface area contributed by atoms with Gasteiger partial charge in [-0.25, -0.2) is 0 Å². The topological polar surface area (TPSA) is 49.3 Å². The van der Waals surface area contributed by atoms with Gasteiger partial charge in [0.2, 0.25) is 5.91 Å². The maximum absolute atomic E-state index is 11.9. The van der Waals surface area contributed by atoms with Crippen LogP contribution < -0.4 is 5.32 Å². The molecule has 1 aliphatic carbocycles. The molecule has 0 radical (unpaired) electrons. The van der Waals surface area contributed by atoms with E-state index in [1.54, 1.807) is 0 Å². The van der Waals surface area contributed by atoms with Crippen LogP contribution in [-0.4, -0.2) is 24.2 Å². The maximum Gasteiger partial charge on any atom is 0.220 e. The highest BCUT2D eigenvalue weighted by atomic mass is 16.3. The van der Waals surface area contributed by atoms with Gasteiger partial charge in [0.05, 0.1) is 6.61 Å². The van der Waals surface area contributed by atoms with Crippen LogP contribution in [0.15, 0.2) is 30.3 Å². The van der Waals surface area contributed by atoms with E-state index in [1.807, 2.05) is 25.1 Å². The number of aliphatic hydroxyl groups excluding tert-OH is 1. The molecule has 3 nitrogen and oxygen atoms in total. The molecule has 1 saturated carbocycles. The van der Waals surface area contributed by atoms with Gasteiger partial charge in [-0.2, -0.15) is 0 Å². The molecule has 0 unspecified atom stereocenters. The van der Waals surface area contributed by atoms with Gasteiger partial charge < -0.3 is 10.4 Å². The molecule has 110 valence electrons. The van der Waals surface area contributed by atoms with E-state index in [-0.39, 0.29) is 17.9 Å². The summed E-state index contributed by atoms with van der Waals surface area (Å²) in [5, 5.41) is 12.6. The number of benzene rings is 1. The SMILES string of the molecule is C[C@@](CO)(CNC(=O)CC1CCC1)Cc1ccccc1. The fourth-order valence-electron chi connectivity index (χ4n) is 2.61. The standard InChI is InChI=1S/C17H25NO2/c1-17(13-19,11-15-6-3-2-4-7-15)12-18-16(20)10-14-8-5-9-14/h2-4,6-7,14,19H,5,8-13H2,1H3,(H,18,20)/t17-/m0/s1. The highest BCUT2D eigenvalue weighted by Gasteiger charge is 2.26. The summed E-state index contributed by atoms with van der Waals surface area (Å²) in [7, 11) is 0. The molecule has 1 aliphatic rings. The van der Waals surface area contributed by atoms with Gasteiger partial charge in [-0.1, -0.05) is 43.7 Å². The van der Waals surface area contributed by atoms with Gasteiger partial charge in [0.25, 0.3) is 0 Å². The van der Waals surface area contributed by atoms with Crippen LogP contribution in [-0.2, 0) is 11.2 Å². The van der Waals surface area contributed by atoms with Crippen molar-refractivity contribution < 1.29 is 9.90 Å². The second kappa shape index (κ2) is 6.89. The van der Waals surface area contributed by atoms with Crippen LogP contribution in [0.25, 0.3) is 0 Å². The van der Waals surface area contributed by atoms with Crippen LogP contribution in [0, 0.1) is 11.3 Å². The third-order valence-corrected chi connectivity index (χ3v) is 4.27. The summed E-state index contributed by atoms with van der Waals surface area (Å²) in [5.41, 5.74) is 0.897. The molecule has 0 aromatic heterocycles. The minimum absolute atomic E-state index is 0.0750. The first-order chi connectivity index (χ1) is 9.61. The monoisotopic (exact) mass is 275 g/mol. The molecule has 2 N–H and O–H groups in total. The average Bonchev–Trinajstić information content (AvgIpc) is 2.42. The van der Waals surface area contributed by atoms with Crippen LogP contribution in [0.3, 0.4) is 0 Å². The third kappa shape index (κ3) is 4.34. The molecule has 0 bridgehead atoms. The van der Waals surface area contributed by atoms with Gasteiger partial charge in [-0.05, 0) is 30.7 Å². The Morgan fingerprint density at radius 2 is 2.05 bits per heavy atom. The first-order valence-electron chi connectivity index (χ1n) is 7.53. The molecule has 3 heteroatoms. The van der Waals surface area contributed by atoms with E-state index < -0.39 is 0 Å². The largest absolute Gasteiger partial charge is 0.396 e. The van der Waals surface area contributed by atoms with Crippen LogP contribution >= 0.6 is 0 Å². The van der Waals surface area contributed by atoms with E-state index >= 15 is 0 Å². The summed E-state index contributed by atoms with van der Waals surface area (Å²) in [6.07, 6.45) is 5.06. The Labute approximate surface area is 121 Å². The van der Waals surface area contributed by atoms with Gasteiger partial charge >= 0.3 is 0 Å². The number of amides is 1. The molecule has 1 aromatic carbocycles. The van der Waals surface area contributed by atoms with Gasteiger partial charge in [0.15, 0.2) is 0 Å². The number of carbonyl (C=O) groups excluding carboxylic acids is 1. The maximum atomic E-state index is 11.9. The Hall–Kier alpha value is -1.35. The van der Waals surface area contributed by atoms with Gasteiger partial charge in [-0.3, -0.25) is 4.79 Å². The predicted octanol–water partition coefficient (Wildman–Crippen LogP) is 2.53. The van der Waals surface area contributed by atoms with Crippen LogP contribution in [0.2, 0.25) is 0 Å². The lowest BCUT2D eigenvalue weighted by Gasteiger charge is -2.29. The van der Waals surface area contributed by atoms with Crippen LogP contribution in [0.4, 0.5) is 0 Å². The lowest BCUT2D eigenvalue weighted by Crippen LogP contribution is -2.40. The molecule has 1 atom stereocenters. The Morgan fingerprint density at radius 1 is 1.35 bits per heavy atom. The van der Waals surface area contributed by atoms with Crippen molar-refractivity contribution in [1.29, 1.82) is 0 Å². The lowest BCUT2D eigenvalue weighted by atomic mass is 9.82. The third-order valence-electron chi connectivity index (χ3n) is 4.27. The summed E-state index contributed by atoms with van der Waals surface area (Å²) in [4.78, 5) is 11.9. The van der Waals surface area contributed by atoms with Gasteiger partial charge in [-0.15, -0.1) is 0 Å². The second-order valence-electron chi connectivity index (χ2n) is 6.41. The first-order valence-corrected chi connectivity index (χ1v) is 7.53. The van der Waals surface area contributed by atoms with Gasteiger partial charge in [0, 0.05) is 18.4 Å². The zero-order valence-corrected chi connectivity index (χ0v) is 12.3. The fraction of sp³-hybridized carbons (Fsp3) is 0.588. The van der Waals surface area contributed by atoms with Crippen molar-refractivity contribution in [3.05, 3.63) is 35.9 Å². The predicted molar refractivity (Wildman–Crippen MR) is 80.3 cm³/mol. The molecular weight excluding hydrogens is 250 g/mol. The summed E-state index contributed by atoms with van der Waals surface area (Å²) < 4.78 is 0. The quantitative estimate of drug-likeness (QED) is 0.803. The highest BCUT2D eigenvalue weighted by Crippen LogP contribution is 2.29. The molecule has 1 amide bonds. The molecule has 0 spiro atoms. The first kappa shape index (κ1) is 15.0. The zero-order valence-electron chi connectivity index (χ0n) is 12.3. The van der Waals surface area contributed by atoms with E-state index in [0.29, 0.717) is 18.9 Å². The molecule has 20 heavy (non-hydrogen) atoms. The summed E-state index contributed by atoms with van der Waals surface area (Å²) in [6, 6.07) is 10.1. The molecular formula is C17H25NO2. The lowest BCUT2D eigenvalue weighted by molar-refractivity contribution is -0.123. The van der Waals surface area contributed by atoms with Crippen molar-refractivity contribution in [2.24, 2.45) is 11.3 Å². The van der Waals surface area contributed by atoms with Crippen molar-refractivity contribution in [1.82, 2.24) is 5.32 Å². The smallest absolute Gasteiger partial charge is 0.220 e. The van der Waals surface area contributed by atoms with Crippen molar-refractivity contribution in [3.63, 3.8) is 0 Å². The van der Waals surface area contributed by atoms with Crippen molar-refractivity contribution >= 4 is 5.91 Å².